The molecule has 166 valence electrons. The Bertz CT molecular complexity index is 823. The summed E-state index contributed by atoms with van der Waals surface area (Å²) in [4.78, 5) is 12.7. The molecule has 0 radical (unpaired) electrons. The molecular weight excluding hydrogens is 380 g/mol. The van der Waals surface area contributed by atoms with E-state index in [4.69, 9.17) is 4.74 Å². The van der Waals surface area contributed by atoms with E-state index >= 15 is 0 Å². The smallest absolute Gasteiger partial charge is 0.182 e. The van der Waals surface area contributed by atoms with Crippen molar-refractivity contribution < 1.29 is 24.9 Å². The van der Waals surface area contributed by atoms with Crippen molar-refractivity contribution in [1.29, 1.82) is 0 Å². The van der Waals surface area contributed by atoms with Crippen molar-refractivity contribution in [2.24, 2.45) is 23.2 Å². The van der Waals surface area contributed by atoms with Crippen molar-refractivity contribution in [3.63, 3.8) is 0 Å². The first-order valence-corrected chi connectivity index (χ1v) is 11.4. The van der Waals surface area contributed by atoms with Crippen LogP contribution < -0.4 is 0 Å². The van der Waals surface area contributed by atoms with Crippen LogP contribution in [0.4, 0.5) is 0 Å². The summed E-state index contributed by atoms with van der Waals surface area (Å²) in [5, 5.41) is 30.6. The summed E-state index contributed by atoms with van der Waals surface area (Å²) in [5.74, 6) is 0.410. The van der Waals surface area contributed by atoms with Crippen LogP contribution >= 0.6 is 0 Å². The average molecular weight is 417 g/mol. The van der Waals surface area contributed by atoms with Gasteiger partial charge in [-0.1, -0.05) is 25.5 Å². The van der Waals surface area contributed by atoms with E-state index in [0.717, 1.165) is 36.8 Å². The van der Waals surface area contributed by atoms with E-state index in [2.05, 4.69) is 13.8 Å². The minimum absolute atomic E-state index is 0.0183. The zero-order chi connectivity index (χ0) is 21.8. The normalized spacial score (nSPS) is 46.6. The van der Waals surface area contributed by atoms with Gasteiger partial charge < -0.3 is 20.1 Å². The highest BCUT2D eigenvalue weighted by Gasteiger charge is 2.62. The van der Waals surface area contributed by atoms with Gasteiger partial charge in [0.15, 0.2) is 5.78 Å². The van der Waals surface area contributed by atoms with E-state index in [9.17, 15) is 20.1 Å². The van der Waals surface area contributed by atoms with Crippen LogP contribution in [0.1, 0.15) is 59.8 Å². The number of ketones is 1. The largest absolute Gasteiger partial charge is 0.392 e. The Morgan fingerprint density at radius 2 is 2.03 bits per heavy atom. The van der Waals surface area contributed by atoms with E-state index < -0.39 is 6.10 Å². The highest BCUT2D eigenvalue weighted by molar-refractivity contribution is 6.08. The first-order valence-electron chi connectivity index (χ1n) is 11.4. The lowest BCUT2D eigenvalue weighted by Crippen LogP contribution is -2.46. The number of rotatable bonds is 3. The second-order valence-corrected chi connectivity index (χ2v) is 10.5. The molecule has 1 saturated carbocycles. The molecule has 0 aromatic rings. The van der Waals surface area contributed by atoms with Crippen molar-refractivity contribution >= 4 is 5.78 Å². The summed E-state index contributed by atoms with van der Waals surface area (Å²) in [6.07, 6.45) is 7.09. The predicted octanol–water partition coefficient (Wildman–Crippen LogP) is 3.09. The molecule has 4 aliphatic rings. The number of ether oxygens (including phenoxy) is 1. The van der Waals surface area contributed by atoms with Gasteiger partial charge in [0.05, 0.1) is 31.0 Å². The second-order valence-electron chi connectivity index (χ2n) is 10.5. The van der Waals surface area contributed by atoms with Gasteiger partial charge in [0.1, 0.15) is 0 Å². The number of hydrogen-bond donors (Lipinski definition) is 3. The number of aliphatic hydroxyl groups is 3. The van der Waals surface area contributed by atoms with Crippen LogP contribution in [-0.4, -0.2) is 52.1 Å². The van der Waals surface area contributed by atoms with Gasteiger partial charge in [-0.25, -0.2) is 0 Å². The van der Waals surface area contributed by atoms with E-state index in [1.807, 2.05) is 19.9 Å². The Kier molecular flexibility index (Phi) is 5.63. The molecule has 4 rings (SSSR count). The quantitative estimate of drug-likeness (QED) is 0.616. The van der Waals surface area contributed by atoms with Gasteiger partial charge in [-0.3, -0.25) is 4.79 Å². The molecule has 0 bridgehead atoms. The van der Waals surface area contributed by atoms with Gasteiger partial charge in [-0.2, -0.15) is 0 Å². The fraction of sp³-hybridized carbons (Fsp3) is 0.720. The number of hydrogen-bond acceptors (Lipinski definition) is 5. The summed E-state index contributed by atoms with van der Waals surface area (Å²) < 4.78 is 6.74. The predicted molar refractivity (Wildman–Crippen MR) is 115 cm³/mol. The molecule has 1 saturated heterocycles. The molecular formula is C25H36O5. The van der Waals surface area contributed by atoms with Crippen LogP contribution in [-0.2, 0) is 9.53 Å². The van der Waals surface area contributed by atoms with Crippen molar-refractivity contribution in [2.45, 2.75) is 77.6 Å². The lowest BCUT2D eigenvalue weighted by molar-refractivity contribution is -0.112. The van der Waals surface area contributed by atoms with Crippen molar-refractivity contribution in [3.05, 3.63) is 34.4 Å². The summed E-state index contributed by atoms with van der Waals surface area (Å²) in [5.41, 5.74) is 2.73. The molecule has 0 amide bonds. The van der Waals surface area contributed by atoms with Crippen molar-refractivity contribution in [3.8, 4) is 0 Å². The zero-order valence-electron chi connectivity index (χ0n) is 18.6. The highest BCUT2D eigenvalue weighted by atomic mass is 16.5. The number of fused-ring (bicyclic) bond motifs is 3. The second kappa shape index (κ2) is 7.70. The fourth-order valence-electron chi connectivity index (χ4n) is 6.98. The first kappa shape index (κ1) is 21.9. The Hall–Kier alpha value is -1.27. The molecule has 5 nitrogen and oxygen atoms in total. The molecule has 1 aliphatic heterocycles. The van der Waals surface area contributed by atoms with Crippen LogP contribution in [0.3, 0.4) is 0 Å². The Balaban J connectivity index is 1.73. The minimum Gasteiger partial charge on any atom is -0.392 e. The van der Waals surface area contributed by atoms with Gasteiger partial charge in [-0.15, -0.1) is 0 Å². The van der Waals surface area contributed by atoms with E-state index in [0.29, 0.717) is 23.5 Å². The summed E-state index contributed by atoms with van der Waals surface area (Å²) in [7, 11) is 0. The maximum Gasteiger partial charge on any atom is 0.182 e. The lowest BCUT2D eigenvalue weighted by Gasteiger charge is -2.45. The zero-order valence-corrected chi connectivity index (χ0v) is 18.6. The number of carbonyl (C=O) groups is 1. The summed E-state index contributed by atoms with van der Waals surface area (Å²) in [6.45, 7) is 8.22. The van der Waals surface area contributed by atoms with Gasteiger partial charge in [0.25, 0.3) is 0 Å². The molecule has 0 aromatic heterocycles. The molecule has 3 N–H and O–H groups in total. The van der Waals surface area contributed by atoms with E-state index in [-0.39, 0.29) is 48.0 Å². The van der Waals surface area contributed by atoms with Crippen LogP contribution in [0.2, 0.25) is 0 Å². The average Bonchev–Trinajstić information content (AvgIpc) is 3.24. The van der Waals surface area contributed by atoms with Gasteiger partial charge in [-0.05, 0) is 80.4 Å². The Morgan fingerprint density at radius 1 is 1.30 bits per heavy atom. The third-order valence-electron chi connectivity index (χ3n) is 8.60. The van der Waals surface area contributed by atoms with Crippen LogP contribution in [0, 0.1) is 23.2 Å². The molecule has 5 heteroatoms. The van der Waals surface area contributed by atoms with Crippen LogP contribution in [0.15, 0.2) is 34.4 Å². The van der Waals surface area contributed by atoms with Crippen LogP contribution in [0.25, 0.3) is 0 Å². The van der Waals surface area contributed by atoms with Crippen molar-refractivity contribution in [1.82, 2.24) is 0 Å². The van der Waals surface area contributed by atoms with Gasteiger partial charge in [0, 0.05) is 11.5 Å². The van der Waals surface area contributed by atoms with Gasteiger partial charge >= 0.3 is 0 Å². The first-order chi connectivity index (χ1) is 14.1. The lowest BCUT2D eigenvalue weighted by atomic mass is 9.62. The molecule has 0 unspecified atom stereocenters. The molecule has 7 atom stereocenters. The minimum atomic E-state index is -0.833. The Labute approximate surface area is 179 Å². The SMILES string of the molecule is CC1=CC(=O)/C2=C(\CO)[C@@H](O)C[C@@H]3[C@](C)(CC[C@@]34O[C@@H](/C=C(\C)CO)C[C@@H]4C)C[C@H]12. The number of aliphatic hydroxyl groups excluding tert-OH is 3. The number of carbonyl (C=O) groups excluding carboxylic acids is 1. The molecule has 30 heavy (non-hydrogen) atoms. The molecule has 2 fully saturated rings. The van der Waals surface area contributed by atoms with Gasteiger partial charge in [0.2, 0.25) is 0 Å². The molecule has 1 heterocycles. The summed E-state index contributed by atoms with van der Waals surface area (Å²) in [6, 6.07) is 0. The third kappa shape index (κ3) is 3.26. The highest BCUT2D eigenvalue weighted by Crippen LogP contribution is 2.63. The maximum atomic E-state index is 12.7. The van der Waals surface area contributed by atoms with E-state index in [1.165, 1.54) is 0 Å². The fourth-order valence-corrected chi connectivity index (χ4v) is 6.98. The summed E-state index contributed by atoms with van der Waals surface area (Å²) >= 11 is 0. The standard InChI is InChI=1S/C25H36O5/c1-14(12-26)7-17-9-16(3)25(30-17)6-5-24(4)11-18-15(2)8-21(29)23(18)19(13-27)20(28)10-22(24)25/h7-8,16-18,20,22,26-28H,5-6,9-13H2,1-4H3/b14-7+,23-19+/t16-,17-,18+,20-,22+,24+,25-/m0/s1. The Morgan fingerprint density at radius 3 is 2.70 bits per heavy atom. The number of allylic oxidation sites excluding steroid dienone is 3. The molecule has 1 spiro atoms. The molecule has 0 aromatic carbocycles. The van der Waals surface area contributed by atoms with Crippen molar-refractivity contribution in [2.75, 3.05) is 13.2 Å². The maximum absolute atomic E-state index is 12.7. The van der Waals surface area contributed by atoms with Crippen LogP contribution in [0.5, 0.6) is 0 Å². The van der Waals surface area contributed by atoms with E-state index in [1.54, 1.807) is 6.08 Å². The topological polar surface area (TPSA) is 87.0 Å². The molecule has 3 aliphatic carbocycles. The monoisotopic (exact) mass is 416 g/mol. The third-order valence-corrected chi connectivity index (χ3v) is 8.60.